The van der Waals surface area contributed by atoms with Crippen molar-refractivity contribution >= 4 is 11.7 Å². The average Bonchev–Trinajstić information content (AvgIpc) is 3.06. The fourth-order valence-electron chi connectivity index (χ4n) is 3.00. The summed E-state index contributed by atoms with van der Waals surface area (Å²) in [5.41, 5.74) is 8.11. The van der Waals surface area contributed by atoms with Crippen LogP contribution in [0, 0.1) is 13.8 Å². The number of rotatable bonds is 3. The van der Waals surface area contributed by atoms with Gasteiger partial charge in [0.25, 0.3) is 5.91 Å². The van der Waals surface area contributed by atoms with Gasteiger partial charge in [0, 0.05) is 24.6 Å². The molecule has 2 N–H and O–H groups in total. The lowest BCUT2D eigenvalue weighted by Crippen LogP contribution is -2.39. The van der Waals surface area contributed by atoms with Crippen LogP contribution < -0.4 is 5.73 Å². The second-order valence-electron chi connectivity index (χ2n) is 5.69. The summed E-state index contributed by atoms with van der Waals surface area (Å²) in [7, 11) is 0. The minimum Gasteiger partial charge on any atom is -0.382 e. The van der Waals surface area contributed by atoms with E-state index in [4.69, 9.17) is 5.73 Å². The van der Waals surface area contributed by atoms with E-state index in [0.29, 0.717) is 6.54 Å². The zero-order valence-electron chi connectivity index (χ0n) is 12.9. The van der Waals surface area contributed by atoms with Gasteiger partial charge < -0.3 is 10.6 Å². The molecule has 1 aliphatic heterocycles. The molecule has 2 aromatic rings. The molecule has 7 heteroatoms. The summed E-state index contributed by atoms with van der Waals surface area (Å²) in [4.78, 5) is 22.5. The predicted octanol–water partition coefficient (Wildman–Crippen LogP) is 1.18. The first-order chi connectivity index (χ1) is 10.6. The van der Waals surface area contributed by atoms with Gasteiger partial charge in [-0.3, -0.25) is 9.48 Å². The summed E-state index contributed by atoms with van der Waals surface area (Å²) in [5, 5.41) is 4.48. The SMILES string of the molecule is Cc1cc(C)n(CC2CCCN2C(=O)c2nccnc2N)n1. The topological polar surface area (TPSA) is 89.9 Å². The standard InChI is InChI=1S/C15H20N6O/c1-10-8-11(2)21(19-10)9-12-4-3-7-20(12)15(22)13-14(16)18-6-5-17-13/h5-6,8,12H,3-4,7,9H2,1-2H3,(H2,16,18). The predicted molar refractivity (Wildman–Crippen MR) is 82.2 cm³/mol. The number of nitrogens with zero attached hydrogens (tertiary/aromatic N) is 5. The molecule has 1 atom stereocenters. The Bertz CT molecular complexity index is 695. The fourth-order valence-corrected chi connectivity index (χ4v) is 3.00. The molecule has 0 aromatic carbocycles. The summed E-state index contributed by atoms with van der Waals surface area (Å²) in [6.07, 6.45) is 4.93. The molecule has 1 fully saturated rings. The van der Waals surface area contributed by atoms with Gasteiger partial charge in [0.1, 0.15) is 0 Å². The monoisotopic (exact) mass is 300 g/mol. The lowest BCUT2D eigenvalue weighted by atomic mass is 10.2. The number of nitrogen functional groups attached to an aromatic ring is 1. The van der Waals surface area contributed by atoms with Crippen molar-refractivity contribution in [2.24, 2.45) is 0 Å². The second kappa shape index (κ2) is 5.75. The van der Waals surface area contributed by atoms with E-state index < -0.39 is 0 Å². The van der Waals surface area contributed by atoms with Gasteiger partial charge in [0.2, 0.25) is 0 Å². The van der Waals surface area contributed by atoms with Crippen molar-refractivity contribution in [3.8, 4) is 0 Å². The first-order valence-corrected chi connectivity index (χ1v) is 7.45. The van der Waals surface area contributed by atoms with E-state index in [9.17, 15) is 4.79 Å². The fraction of sp³-hybridized carbons (Fsp3) is 0.467. The maximum atomic E-state index is 12.7. The lowest BCUT2D eigenvalue weighted by molar-refractivity contribution is 0.0716. The zero-order chi connectivity index (χ0) is 15.7. The smallest absolute Gasteiger partial charge is 0.276 e. The van der Waals surface area contributed by atoms with Gasteiger partial charge in [-0.25, -0.2) is 9.97 Å². The highest BCUT2D eigenvalue weighted by Gasteiger charge is 2.31. The molecule has 0 spiro atoms. The van der Waals surface area contributed by atoms with Crippen LogP contribution in [0.15, 0.2) is 18.5 Å². The number of aromatic nitrogens is 4. The van der Waals surface area contributed by atoms with E-state index >= 15 is 0 Å². The van der Waals surface area contributed by atoms with E-state index in [2.05, 4.69) is 15.1 Å². The molecule has 1 aliphatic rings. The number of anilines is 1. The van der Waals surface area contributed by atoms with E-state index in [1.165, 1.54) is 12.4 Å². The molecule has 22 heavy (non-hydrogen) atoms. The van der Waals surface area contributed by atoms with Crippen molar-refractivity contribution in [2.45, 2.75) is 39.3 Å². The number of carbonyl (C=O) groups excluding carboxylic acids is 1. The molecule has 116 valence electrons. The van der Waals surface area contributed by atoms with Gasteiger partial charge in [0.15, 0.2) is 11.5 Å². The summed E-state index contributed by atoms with van der Waals surface area (Å²) in [6, 6.07) is 2.16. The summed E-state index contributed by atoms with van der Waals surface area (Å²) in [5.74, 6) is 0.0406. The summed E-state index contributed by atoms with van der Waals surface area (Å²) >= 11 is 0. The molecule has 1 saturated heterocycles. The van der Waals surface area contributed by atoms with Gasteiger partial charge in [-0.2, -0.15) is 5.10 Å². The minimum absolute atomic E-state index is 0.118. The molecule has 3 rings (SSSR count). The van der Waals surface area contributed by atoms with Crippen LogP contribution in [0.4, 0.5) is 5.82 Å². The average molecular weight is 300 g/mol. The second-order valence-corrected chi connectivity index (χ2v) is 5.69. The molecule has 0 bridgehead atoms. The first-order valence-electron chi connectivity index (χ1n) is 7.45. The number of aryl methyl sites for hydroxylation is 2. The largest absolute Gasteiger partial charge is 0.382 e. The summed E-state index contributed by atoms with van der Waals surface area (Å²) in [6.45, 7) is 5.42. The van der Waals surface area contributed by atoms with Gasteiger partial charge in [-0.05, 0) is 32.8 Å². The molecule has 1 unspecified atom stereocenters. The Morgan fingerprint density at radius 3 is 2.82 bits per heavy atom. The number of likely N-dealkylation sites (tertiary alicyclic amines) is 1. The summed E-state index contributed by atoms with van der Waals surface area (Å²) < 4.78 is 1.96. The molecule has 1 amide bonds. The molecule has 3 heterocycles. The molecular weight excluding hydrogens is 280 g/mol. The number of nitrogens with two attached hydrogens (primary N) is 1. The number of hydrogen-bond donors (Lipinski definition) is 1. The third kappa shape index (κ3) is 2.66. The molecular formula is C15H20N6O. The van der Waals surface area contributed by atoms with Gasteiger partial charge >= 0.3 is 0 Å². The number of amides is 1. The van der Waals surface area contributed by atoms with Crippen molar-refractivity contribution < 1.29 is 4.79 Å². The molecule has 0 aliphatic carbocycles. The van der Waals surface area contributed by atoms with Crippen molar-refractivity contribution in [1.82, 2.24) is 24.6 Å². The van der Waals surface area contributed by atoms with Gasteiger partial charge in [-0.15, -0.1) is 0 Å². The van der Waals surface area contributed by atoms with E-state index in [1.807, 2.05) is 29.5 Å². The van der Waals surface area contributed by atoms with Gasteiger partial charge in [-0.1, -0.05) is 0 Å². The highest BCUT2D eigenvalue weighted by atomic mass is 16.2. The number of carbonyl (C=O) groups is 1. The molecule has 0 radical (unpaired) electrons. The van der Waals surface area contributed by atoms with Gasteiger partial charge in [0.05, 0.1) is 18.3 Å². The Morgan fingerprint density at radius 2 is 2.14 bits per heavy atom. The normalized spacial score (nSPS) is 17.9. The minimum atomic E-state index is -0.144. The first kappa shape index (κ1) is 14.5. The van der Waals surface area contributed by atoms with Crippen LogP contribution in [0.1, 0.15) is 34.7 Å². The molecule has 7 nitrogen and oxygen atoms in total. The van der Waals surface area contributed by atoms with E-state index in [-0.39, 0.29) is 23.5 Å². The Hall–Kier alpha value is -2.44. The van der Waals surface area contributed by atoms with Crippen LogP contribution in [0.3, 0.4) is 0 Å². The van der Waals surface area contributed by atoms with Crippen LogP contribution in [-0.4, -0.2) is 43.1 Å². The van der Waals surface area contributed by atoms with E-state index in [1.54, 1.807) is 0 Å². The van der Waals surface area contributed by atoms with Crippen LogP contribution in [-0.2, 0) is 6.54 Å². The molecule has 2 aromatic heterocycles. The Kier molecular flexibility index (Phi) is 3.79. The van der Waals surface area contributed by atoms with Crippen LogP contribution >= 0.6 is 0 Å². The Balaban J connectivity index is 1.80. The zero-order valence-corrected chi connectivity index (χ0v) is 12.9. The Morgan fingerprint density at radius 1 is 1.36 bits per heavy atom. The molecule has 0 saturated carbocycles. The van der Waals surface area contributed by atoms with Crippen molar-refractivity contribution in [2.75, 3.05) is 12.3 Å². The maximum Gasteiger partial charge on any atom is 0.276 e. The lowest BCUT2D eigenvalue weighted by Gasteiger charge is -2.25. The van der Waals surface area contributed by atoms with Crippen molar-refractivity contribution in [1.29, 1.82) is 0 Å². The third-order valence-electron chi connectivity index (χ3n) is 4.05. The van der Waals surface area contributed by atoms with Crippen molar-refractivity contribution in [3.63, 3.8) is 0 Å². The number of hydrogen-bond acceptors (Lipinski definition) is 5. The third-order valence-corrected chi connectivity index (χ3v) is 4.05. The quantitative estimate of drug-likeness (QED) is 0.919. The Labute approximate surface area is 129 Å². The van der Waals surface area contributed by atoms with Crippen LogP contribution in [0.25, 0.3) is 0 Å². The highest BCUT2D eigenvalue weighted by Crippen LogP contribution is 2.22. The highest BCUT2D eigenvalue weighted by molar-refractivity contribution is 5.96. The van der Waals surface area contributed by atoms with E-state index in [0.717, 1.165) is 30.8 Å². The van der Waals surface area contributed by atoms with Crippen LogP contribution in [0.5, 0.6) is 0 Å². The van der Waals surface area contributed by atoms with Crippen molar-refractivity contribution in [3.05, 3.63) is 35.5 Å². The van der Waals surface area contributed by atoms with Crippen LogP contribution in [0.2, 0.25) is 0 Å². The maximum absolute atomic E-state index is 12.7.